The standard InChI is InChI=1S/C12H19ClOS/c1-2-3-7-14-8-5-4-6-11-9-15-10-12(11)13/h9-10H,2-8H2,1H3. The van der Waals surface area contributed by atoms with E-state index in [9.17, 15) is 0 Å². The molecule has 0 aromatic carbocycles. The van der Waals surface area contributed by atoms with E-state index in [1.807, 2.05) is 5.38 Å². The minimum atomic E-state index is 0.891. The monoisotopic (exact) mass is 246 g/mol. The molecule has 0 aliphatic carbocycles. The molecule has 0 atom stereocenters. The second-order valence-electron chi connectivity index (χ2n) is 3.67. The predicted molar refractivity (Wildman–Crippen MR) is 68.0 cm³/mol. The number of hydrogen-bond acceptors (Lipinski definition) is 2. The van der Waals surface area contributed by atoms with Crippen molar-refractivity contribution in [2.24, 2.45) is 0 Å². The van der Waals surface area contributed by atoms with Crippen LogP contribution in [0.1, 0.15) is 38.2 Å². The summed E-state index contributed by atoms with van der Waals surface area (Å²) in [5, 5.41) is 5.06. The highest BCUT2D eigenvalue weighted by Gasteiger charge is 2.00. The molecular formula is C12H19ClOS. The second-order valence-corrected chi connectivity index (χ2v) is 4.82. The Balaban J connectivity index is 1.96. The first-order valence-electron chi connectivity index (χ1n) is 5.63. The number of rotatable bonds is 8. The molecule has 0 saturated heterocycles. The molecular weight excluding hydrogens is 228 g/mol. The van der Waals surface area contributed by atoms with Crippen molar-refractivity contribution in [3.63, 3.8) is 0 Å². The molecule has 0 saturated carbocycles. The van der Waals surface area contributed by atoms with E-state index < -0.39 is 0 Å². The SMILES string of the molecule is CCCCOCCCCc1cscc1Cl. The normalized spacial score (nSPS) is 10.8. The number of aryl methyl sites for hydroxylation is 1. The van der Waals surface area contributed by atoms with Gasteiger partial charge >= 0.3 is 0 Å². The first-order chi connectivity index (χ1) is 7.34. The number of ether oxygens (including phenoxy) is 1. The third-order valence-corrected chi connectivity index (χ3v) is 3.59. The van der Waals surface area contributed by atoms with Gasteiger partial charge in [-0.05, 0) is 36.6 Å². The Morgan fingerprint density at radius 1 is 1.20 bits per heavy atom. The molecule has 0 radical (unpaired) electrons. The van der Waals surface area contributed by atoms with Crippen LogP contribution in [0.4, 0.5) is 0 Å². The molecule has 0 unspecified atom stereocenters. The molecule has 0 aliphatic rings. The van der Waals surface area contributed by atoms with Gasteiger partial charge in [0.25, 0.3) is 0 Å². The smallest absolute Gasteiger partial charge is 0.0544 e. The highest BCUT2D eigenvalue weighted by molar-refractivity contribution is 7.08. The molecule has 0 fully saturated rings. The maximum Gasteiger partial charge on any atom is 0.0544 e. The van der Waals surface area contributed by atoms with E-state index in [2.05, 4.69) is 12.3 Å². The van der Waals surface area contributed by atoms with E-state index in [-0.39, 0.29) is 0 Å². The van der Waals surface area contributed by atoms with E-state index in [4.69, 9.17) is 16.3 Å². The number of hydrogen-bond donors (Lipinski definition) is 0. The molecule has 86 valence electrons. The Morgan fingerprint density at radius 2 is 2.00 bits per heavy atom. The molecule has 1 aromatic heterocycles. The Labute approximate surface area is 101 Å². The average molecular weight is 247 g/mol. The van der Waals surface area contributed by atoms with Gasteiger partial charge in [-0.1, -0.05) is 24.9 Å². The van der Waals surface area contributed by atoms with Gasteiger partial charge in [0.2, 0.25) is 0 Å². The zero-order chi connectivity index (χ0) is 10.9. The van der Waals surface area contributed by atoms with E-state index in [0.29, 0.717) is 0 Å². The van der Waals surface area contributed by atoms with Crippen molar-refractivity contribution < 1.29 is 4.74 Å². The minimum Gasteiger partial charge on any atom is -0.381 e. The fourth-order valence-electron chi connectivity index (χ4n) is 1.35. The van der Waals surface area contributed by atoms with Crippen LogP contribution in [0.25, 0.3) is 0 Å². The summed E-state index contributed by atoms with van der Waals surface area (Å²) in [5.41, 5.74) is 1.29. The van der Waals surface area contributed by atoms with Crippen LogP contribution in [0.5, 0.6) is 0 Å². The molecule has 0 bridgehead atoms. The maximum atomic E-state index is 6.00. The summed E-state index contributed by atoms with van der Waals surface area (Å²) in [6, 6.07) is 0. The Bertz CT molecular complexity index is 260. The van der Waals surface area contributed by atoms with Crippen LogP contribution in [0.3, 0.4) is 0 Å². The maximum absolute atomic E-state index is 6.00. The third kappa shape index (κ3) is 5.55. The summed E-state index contributed by atoms with van der Waals surface area (Å²) in [4.78, 5) is 0. The van der Waals surface area contributed by atoms with Crippen molar-refractivity contribution in [1.29, 1.82) is 0 Å². The van der Waals surface area contributed by atoms with Gasteiger partial charge in [-0.2, -0.15) is 11.3 Å². The fourth-order valence-corrected chi connectivity index (χ4v) is 2.47. The van der Waals surface area contributed by atoms with Crippen molar-refractivity contribution in [2.45, 2.75) is 39.0 Å². The highest BCUT2D eigenvalue weighted by atomic mass is 35.5. The lowest BCUT2D eigenvalue weighted by atomic mass is 10.1. The summed E-state index contributed by atoms with van der Waals surface area (Å²) in [6.07, 6.45) is 5.78. The average Bonchev–Trinajstić information content (AvgIpc) is 2.63. The lowest BCUT2D eigenvalue weighted by Crippen LogP contribution is -1.97. The molecule has 1 aromatic rings. The van der Waals surface area contributed by atoms with Gasteiger partial charge in [0.05, 0.1) is 5.02 Å². The number of unbranched alkanes of at least 4 members (excludes halogenated alkanes) is 2. The van der Waals surface area contributed by atoms with E-state index in [1.165, 1.54) is 24.8 Å². The first-order valence-corrected chi connectivity index (χ1v) is 6.95. The van der Waals surface area contributed by atoms with E-state index in [1.54, 1.807) is 11.3 Å². The van der Waals surface area contributed by atoms with Crippen molar-refractivity contribution in [1.82, 2.24) is 0 Å². The van der Waals surface area contributed by atoms with Crippen LogP contribution >= 0.6 is 22.9 Å². The summed E-state index contributed by atoms with van der Waals surface area (Å²) >= 11 is 7.68. The van der Waals surface area contributed by atoms with Crippen LogP contribution in [0.15, 0.2) is 10.8 Å². The van der Waals surface area contributed by atoms with Crippen LogP contribution in [-0.4, -0.2) is 13.2 Å². The molecule has 3 heteroatoms. The molecule has 1 rings (SSSR count). The Hall–Kier alpha value is -0.0500. The largest absolute Gasteiger partial charge is 0.381 e. The zero-order valence-corrected chi connectivity index (χ0v) is 10.9. The van der Waals surface area contributed by atoms with E-state index in [0.717, 1.165) is 31.1 Å². The quantitative estimate of drug-likeness (QED) is 0.612. The Morgan fingerprint density at radius 3 is 2.67 bits per heavy atom. The summed E-state index contributed by atoms with van der Waals surface area (Å²) in [5.74, 6) is 0. The van der Waals surface area contributed by atoms with Crippen LogP contribution in [0, 0.1) is 0 Å². The Kier molecular flexibility index (Phi) is 7.07. The molecule has 15 heavy (non-hydrogen) atoms. The molecule has 1 nitrogen and oxygen atoms in total. The minimum absolute atomic E-state index is 0.891. The summed E-state index contributed by atoms with van der Waals surface area (Å²) < 4.78 is 5.49. The molecule has 0 amide bonds. The molecule has 0 aliphatic heterocycles. The van der Waals surface area contributed by atoms with Crippen LogP contribution in [0.2, 0.25) is 5.02 Å². The van der Waals surface area contributed by atoms with E-state index >= 15 is 0 Å². The van der Waals surface area contributed by atoms with Crippen LogP contribution < -0.4 is 0 Å². The van der Waals surface area contributed by atoms with Crippen molar-refractivity contribution >= 4 is 22.9 Å². The fraction of sp³-hybridized carbons (Fsp3) is 0.667. The van der Waals surface area contributed by atoms with Crippen molar-refractivity contribution in [2.75, 3.05) is 13.2 Å². The van der Waals surface area contributed by atoms with Gasteiger partial charge in [-0.25, -0.2) is 0 Å². The van der Waals surface area contributed by atoms with Crippen LogP contribution in [-0.2, 0) is 11.2 Å². The highest BCUT2D eigenvalue weighted by Crippen LogP contribution is 2.22. The third-order valence-electron chi connectivity index (χ3n) is 2.32. The lowest BCUT2D eigenvalue weighted by Gasteiger charge is -2.02. The summed E-state index contributed by atoms with van der Waals surface area (Å²) in [6.45, 7) is 3.99. The zero-order valence-electron chi connectivity index (χ0n) is 9.30. The number of thiophene rings is 1. The predicted octanol–water partition coefficient (Wildman–Crippen LogP) is 4.54. The number of halogens is 1. The van der Waals surface area contributed by atoms with Gasteiger partial charge in [0.1, 0.15) is 0 Å². The lowest BCUT2D eigenvalue weighted by molar-refractivity contribution is 0.127. The summed E-state index contributed by atoms with van der Waals surface area (Å²) in [7, 11) is 0. The molecule has 0 N–H and O–H groups in total. The van der Waals surface area contributed by atoms with Crippen molar-refractivity contribution in [3.05, 3.63) is 21.3 Å². The molecule has 1 heterocycles. The van der Waals surface area contributed by atoms with Gasteiger partial charge in [0, 0.05) is 18.6 Å². The topological polar surface area (TPSA) is 9.23 Å². The first kappa shape index (κ1) is 13.0. The van der Waals surface area contributed by atoms with Gasteiger partial charge < -0.3 is 4.74 Å². The van der Waals surface area contributed by atoms with Gasteiger partial charge in [-0.15, -0.1) is 0 Å². The second kappa shape index (κ2) is 8.14. The van der Waals surface area contributed by atoms with Gasteiger partial charge in [0.15, 0.2) is 0 Å². The molecule has 0 spiro atoms. The van der Waals surface area contributed by atoms with Crippen molar-refractivity contribution in [3.8, 4) is 0 Å². The van der Waals surface area contributed by atoms with Gasteiger partial charge in [-0.3, -0.25) is 0 Å².